The average Bonchev–Trinajstić information content (AvgIpc) is 3.23. The van der Waals surface area contributed by atoms with Crippen LogP contribution in [0.25, 0.3) is 6.08 Å². The molecule has 0 aliphatic heterocycles. The third kappa shape index (κ3) is 2.37. The van der Waals surface area contributed by atoms with Crippen molar-refractivity contribution < 1.29 is 4.79 Å². The zero-order chi connectivity index (χ0) is 13.1. The fourth-order valence-electron chi connectivity index (χ4n) is 2.58. The molecule has 1 heteroatoms. The van der Waals surface area contributed by atoms with Crippen LogP contribution in [0.5, 0.6) is 0 Å². The number of aldehydes is 1. The Bertz CT molecular complexity index is 586. The lowest BCUT2D eigenvalue weighted by Crippen LogP contribution is -2.00. The lowest BCUT2D eigenvalue weighted by atomic mass is 9.99. The molecular formula is C18H16O. The minimum absolute atomic E-state index is 0.294. The SMILES string of the molecule is O=C[C@]1(/C=C/c2ccccc2)C[C@H]1c1ccccc1. The summed E-state index contributed by atoms with van der Waals surface area (Å²) >= 11 is 0. The van der Waals surface area contributed by atoms with Gasteiger partial charge in [-0.3, -0.25) is 0 Å². The van der Waals surface area contributed by atoms with Crippen LogP contribution in [0.3, 0.4) is 0 Å². The summed E-state index contributed by atoms with van der Waals surface area (Å²) in [6, 6.07) is 20.4. The predicted octanol–water partition coefficient (Wildman–Crippen LogP) is 4.07. The van der Waals surface area contributed by atoms with Gasteiger partial charge in [0.15, 0.2) is 0 Å². The van der Waals surface area contributed by atoms with E-state index in [1.54, 1.807) is 0 Å². The summed E-state index contributed by atoms with van der Waals surface area (Å²) in [5, 5.41) is 0. The number of benzene rings is 2. The molecule has 0 N–H and O–H groups in total. The van der Waals surface area contributed by atoms with Gasteiger partial charge in [-0.15, -0.1) is 0 Å². The molecule has 0 unspecified atom stereocenters. The Morgan fingerprint density at radius 3 is 2.21 bits per heavy atom. The maximum Gasteiger partial charge on any atom is 0.130 e. The van der Waals surface area contributed by atoms with Gasteiger partial charge in [-0.2, -0.15) is 0 Å². The van der Waals surface area contributed by atoms with E-state index >= 15 is 0 Å². The zero-order valence-corrected chi connectivity index (χ0v) is 10.7. The molecule has 1 fully saturated rings. The third-order valence-electron chi connectivity index (χ3n) is 3.85. The highest BCUT2D eigenvalue weighted by Gasteiger charge is 2.52. The van der Waals surface area contributed by atoms with Crippen LogP contribution in [0.4, 0.5) is 0 Å². The molecule has 94 valence electrons. The van der Waals surface area contributed by atoms with Gasteiger partial charge in [0, 0.05) is 5.92 Å². The van der Waals surface area contributed by atoms with Crippen LogP contribution < -0.4 is 0 Å². The molecule has 0 spiro atoms. The van der Waals surface area contributed by atoms with E-state index in [4.69, 9.17) is 0 Å². The number of hydrogen-bond donors (Lipinski definition) is 0. The maximum atomic E-state index is 11.4. The molecule has 1 aliphatic carbocycles. The second-order valence-corrected chi connectivity index (χ2v) is 5.14. The summed E-state index contributed by atoms with van der Waals surface area (Å²) in [5.41, 5.74) is 2.10. The van der Waals surface area contributed by atoms with Crippen molar-refractivity contribution in [2.45, 2.75) is 12.3 Å². The Labute approximate surface area is 113 Å². The van der Waals surface area contributed by atoms with Gasteiger partial charge in [0.25, 0.3) is 0 Å². The van der Waals surface area contributed by atoms with Crippen molar-refractivity contribution in [1.82, 2.24) is 0 Å². The van der Waals surface area contributed by atoms with Crippen molar-refractivity contribution >= 4 is 12.4 Å². The largest absolute Gasteiger partial charge is 0.302 e. The van der Waals surface area contributed by atoms with Crippen LogP contribution in [-0.2, 0) is 4.79 Å². The van der Waals surface area contributed by atoms with Crippen LogP contribution in [0.2, 0.25) is 0 Å². The predicted molar refractivity (Wildman–Crippen MR) is 77.8 cm³/mol. The lowest BCUT2D eigenvalue weighted by molar-refractivity contribution is -0.110. The fraction of sp³-hybridized carbons (Fsp3) is 0.167. The number of hydrogen-bond acceptors (Lipinski definition) is 1. The number of allylic oxidation sites excluding steroid dienone is 1. The lowest BCUT2D eigenvalue weighted by Gasteiger charge is -2.04. The van der Waals surface area contributed by atoms with Crippen LogP contribution in [-0.4, -0.2) is 6.29 Å². The van der Waals surface area contributed by atoms with Gasteiger partial charge < -0.3 is 4.79 Å². The Balaban J connectivity index is 1.80. The van der Waals surface area contributed by atoms with Gasteiger partial charge in [0.05, 0.1) is 5.41 Å². The Morgan fingerprint density at radius 2 is 1.58 bits per heavy atom. The Kier molecular flexibility index (Phi) is 3.04. The second-order valence-electron chi connectivity index (χ2n) is 5.14. The van der Waals surface area contributed by atoms with Crippen molar-refractivity contribution in [3.63, 3.8) is 0 Å². The highest BCUT2D eigenvalue weighted by molar-refractivity contribution is 5.74. The van der Waals surface area contributed by atoms with Crippen LogP contribution in [0, 0.1) is 5.41 Å². The molecular weight excluding hydrogens is 232 g/mol. The summed E-state index contributed by atoms with van der Waals surface area (Å²) in [5.74, 6) is 0.339. The molecule has 0 saturated heterocycles. The highest BCUT2D eigenvalue weighted by Crippen LogP contribution is 2.59. The maximum absolute atomic E-state index is 11.4. The standard InChI is InChI=1S/C18H16O/c19-14-18(12-11-15-7-3-1-4-8-15)13-17(18)16-9-5-2-6-10-16/h1-12,14,17H,13H2/b12-11+/t17-,18-/m0/s1. The Morgan fingerprint density at radius 1 is 0.947 bits per heavy atom. The first-order chi connectivity index (χ1) is 9.34. The number of carbonyl (C=O) groups is 1. The zero-order valence-electron chi connectivity index (χ0n) is 10.7. The topological polar surface area (TPSA) is 17.1 Å². The van der Waals surface area contributed by atoms with Crippen molar-refractivity contribution in [1.29, 1.82) is 0 Å². The van der Waals surface area contributed by atoms with Gasteiger partial charge in [-0.25, -0.2) is 0 Å². The molecule has 2 atom stereocenters. The average molecular weight is 248 g/mol. The molecule has 3 rings (SSSR count). The van der Waals surface area contributed by atoms with E-state index in [2.05, 4.69) is 36.4 Å². The number of carbonyl (C=O) groups excluding carboxylic acids is 1. The van der Waals surface area contributed by atoms with Crippen molar-refractivity contribution in [3.8, 4) is 0 Å². The Hall–Kier alpha value is -2.15. The van der Waals surface area contributed by atoms with Gasteiger partial charge >= 0.3 is 0 Å². The fourth-order valence-corrected chi connectivity index (χ4v) is 2.58. The quantitative estimate of drug-likeness (QED) is 0.745. The van der Waals surface area contributed by atoms with E-state index in [9.17, 15) is 4.79 Å². The molecule has 1 saturated carbocycles. The van der Waals surface area contributed by atoms with E-state index < -0.39 is 0 Å². The van der Waals surface area contributed by atoms with E-state index in [-0.39, 0.29) is 5.41 Å². The minimum atomic E-state index is -0.294. The first kappa shape index (κ1) is 11.9. The molecule has 2 aromatic carbocycles. The summed E-state index contributed by atoms with van der Waals surface area (Å²) in [4.78, 5) is 11.4. The van der Waals surface area contributed by atoms with E-state index in [1.165, 1.54) is 5.56 Å². The second kappa shape index (κ2) is 4.85. The van der Waals surface area contributed by atoms with E-state index in [1.807, 2.05) is 36.4 Å². The normalized spacial score (nSPS) is 25.4. The van der Waals surface area contributed by atoms with Gasteiger partial charge in [0.1, 0.15) is 6.29 Å². The summed E-state index contributed by atoms with van der Waals surface area (Å²) in [6.45, 7) is 0. The van der Waals surface area contributed by atoms with Crippen molar-refractivity contribution in [2.24, 2.45) is 5.41 Å². The van der Waals surface area contributed by atoms with Crippen LogP contribution >= 0.6 is 0 Å². The summed E-state index contributed by atoms with van der Waals surface area (Å²) < 4.78 is 0. The highest BCUT2D eigenvalue weighted by atomic mass is 16.1. The first-order valence-electron chi connectivity index (χ1n) is 6.60. The van der Waals surface area contributed by atoms with E-state index in [0.29, 0.717) is 5.92 Å². The number of rotatable bonds is 4. The molecule has 2 aromatic rings. The molecule has 0 amide bonds. The smallest absolute Gasteiger partial charge is 0.130 e. The van der Waals surface area contributed by atoms with E-state index in [0.717, 1.165) is 18.3 Å². The van der Waals surface area contributed by atoms with Gasteiger partial charge in [-0.1, -0.05) is 72.8 Å². The monoisotopic (exact) mass is 248 g/mol. The molecule has 1 aliphatic rings. The molecule has 0 aromatic heterocycles. The molecule has 0 heterocycles. The molecule has 1 nitrogen and oxygen atoms in total. The summed E-state index contributed by atoms with van der Waals surface area (Å²) in [7, 11) is 0. The van der Waals surface area contributed by atoms with Crippen molar-refractivity contribution in [2.75, 3.05) is 0 Å². The van der Waals surface area contributed by atoms with Crippen LogP contribution in [0.15, 0.2) is 66.7 Å². The summed E-state index contributed by atoms with van der Waals surface area (Å²) in [6.07, 6.45) is 6.14. The molecule has 0 bridgehead atoms. The minimum Gasteiger partial charge on any atom is -0.302 e. The molecule has 19 heavy (non-hydrogen) atoms. The first-order valence-corrected chi connectivity index (χ1v) is 6.60. The molecule has 0 radical (unpaired) electrons. The third-order valence-corrected chi connectivity index (χ3v) is 3.85. The van der Waals surface area contributed by atoms with Crippen molar-refractivity contribution in [3.05, 3.63) is 77.9 Å². The van der Waals surface area contributed by atoms with Gasteiger partial charge in [0.2, 0.25) is 0 Å². The van der Waals surface area contributed by atoms with Gasteiger partial charge in [-0.05, 0) is 17.5 Å². The van der Waals surface area contributed by atoms with Crippen LogP contribution in [0.1, 0.15) is 23.5 Å².